The van der Waals surface area contributed by atoms with Gasteiger partial charge in [-0.05, 0) is 43.9 Å². The molecule has 0 bridgehead atoms. The number of nitriles is 1. The van der Waals surface area contributed by atoms with Gasteiger partial charge in [0.2, 0.25) is 5.91 Å². The van der Waals surface area contributed by atoms with Crippen molar-refractivity contribution >= 4 is 5.91 Å². The fourth-order valence-corrected chi connectivity index (χ4v) is 3.01. The average Bonchev–Trinajstić information content (AvgIpc) is 2.38. The molecule has 1 amide bonds. The van der Waals surface area contributed by atoms with Gasteiger partial charge in [-0.25, -0.2) is 0 Å². The van der Waals surface area contributed by atoms with Crippen LogP contribution in [0.5, 0.6) is 0 Å². The standard InChI is InChI=1S/C14H22N2O2/c1-2-13(11-17)6-8-16(9-7-13)12(18)14(10-15)4-3-5-14/h17H,2-9,11H2,1H3. The molecule has 1 N–H and O–H groups in total. The zero-order valence-corrected chi connectivity index (χ0v) is 11.1. The summed E-state index contributed by atoms with van der Waals surface area (Å²) in [6, 6.07) is 2.22. The molecule has 0 aromatic heterocycles. The molecule has 1 saturated carbocycles. The van der Waals surface area contributed by atoms with E-state index in [1.165, 1.54) is 0 Å². The maximum Gasteiger partial charge on any atom is 0.243 e. The van der Waals surface area contributed by atoms with Crippen LogP contribution in [0.2, 0.25) is 0 Å². The summed E-state index contributed by atoms with van der Waals surface area (Å²) in [5.74, 6) is 0.0268. The molecule has 0 spiro atoms. The van der Waals surface area contributed by atoms with Crippen LogP contribution >= 0.6 is 0 Å². The Hall–Kier alpha value is -1.08. The van der Waals surface area contributed by atoms with Gasteiger partial charge < -0.3 is 10.0 Å². The lowest BCUT2D eigenvalue weighted by molar-refractivity contribution is -0.146. The second-order valence-corrected chi connectivity index (χ2v) is 5.85. The van der Waals surface area contributed by atoms with Gasteiger partial charge in [-0.2, -0.15) is 5.26 Å². The fourth-order valence-electron chi connectivity index (χ4n) is 3.01. The highest BCUT2D eigenvalue weighted by molar-refractivity contribution is 5.86. The Morgan fingerprint density at radius 1 is 1.33 bits per heavy atom. The summed E-state index contributed by atoms with van der Waals surface area (Å²) in [7, 11) is 0. The summed E-state index contributed by atoms with van der Waals surface area (Å²) < 4.78 is 0. The molecule has 0 aromatic carbocycles. The predicted octanol–water partition coefficient (Wildman–Crippen LogP) is 1.69. The van der Waals surface area contributed by atoms with Crippen LogP contribution in [0.25, 0.3) is 0 Å². The van der Waals surface area contributed by atoms with E-state index < -0.39 is 5.41 Å². The summed E-state index contributed by atoms with van der Waals surface area (Å²) in [4.78, 5) is 14.2. The molecule has 1 aliphatic carbocycles. The van der Waals surface area contributed by atoms with Crippen LogP contribution in [0.3, 0.4) is 0 Å². The van der Waals surface area contributed by atoms with Crippen LogP contribution in [-0.2, 0) is 4.79 Å². The van der Waals surface area contributed by atoms with Gasteiger partial charge in [0.1, 0.15) is 5.41 Å². The van der Waals surface area contributed by atoms with Crippen molar-refractivity contribution in [3.05, 3.63) is 0 Å². The minimum Gasteiger partial charge on any atom is -0.396 e. The predicted molar refractivity (Wildman–Crippen MR) is 67.5 cm³/mol. The van der Waals surface area contributed by atoms with E-state index in [9.17, 15) is 15.2 Å². The lowest BCUT2D eigenvalue weighted by Gasteiger charge is -2.44. The molecule has 4 nitrogen and oxygen atoms in total. The molecular formula is C14H22N2O2. The number of rotatable bonds is 3. The summed E-state index contributed by atoms with van der Waals surface area (Å²) in [6.07, 6.45) is 5.09. The number of amides is 1. The topological polar surface area (TPSA) is 64.3 Å². The minimum atomic E-state index is -0.717. The summed E-state index contributed by atoms with van der Waals surface area (Å²) in [6.45, 7) is 3.68. The van der Waals surface area contributed by atoms with E-state index in [2.05, 4.69) is 13.0 Å². The molecule has 18 heavy (non-hydrogen) atoms. The summed E-state index contributed by atoms with van der Waals surface area (Å²) >= 11 is 0. The lowest BCUT2D eigenvalue weighted by atomic mass is 9.68. The van der Waals surface area contributed by atoms with Crippen molar-refractivity contribution in [3.63, 3.8) is 0 Å². The number of piperidine rings is 1. The number of aliphatic hydroxyl groups excluding tert-OH is 1. The van der Waals surface area contributed by atoms with Crippen LogP contribution < -0.4 is 0 Å². The summed E-state index contributed by atoms with van der Waals surface area (Å²) in [5.41, 5.74) is -0.721. The maximum atomic E-state index is 12.4. The maximum absolute atomic E-state index is 12.4. The van der Waals surface area contributed by atoms with E-state index in [0.29, 0.717) is 13.1 Å². The number of likely N-dealkylation sites (tertiary alicyclic amines) is 1. The molecule has 100 valence electrons. The molecule has 2 rings (SSSR count). The normalized spacial score (nSPS) is 25.1. The Morgan fingerprint density at radius 3 is 2.28 bits per heavy atom. The van der Waals surface area contributed by atoms with Crippen LogP contribution in [0.15, 0.2) is 0 Å². The van der Waals surface area contributed by atoms with Crippen molar-refractivity contribution in [1.29, 1.82) is 5.26 Å². The number of nitrogens with zero attached hydrogens (tertiary/aromatic N) is 2. The monoisotopic (exact) mass is 250 g/mol. The second-order valence-electron chi connectivity index (χ2n) is 5.85. The highest BCUT2D eigenvalue weighted by atomic mass is 16.3. The van der Waals surface area contributed by atoms with Crippen LogP contribution in [0.1, 0.15) is 45.4 Å². The Bertz CT molecular complexity index is 354. The molecule has 2 aliphatic rings. The minimum absolute atomic E-state index is 0.00377. The first-order valence-corrected chi connectivity index (χ1v) is 6.93. The molecular weight excluding hydrogens is 228 g/mol. The first kappa shape index (κ1) is 13.4. The van der Waals surface area contributed by atoms with E-state index in [1.54, 1.807) is 0 Å². The second kappa shape index (κ2) is 4.89. The number of carbonyl (C=O) groups excluding carboxylic acids is 1. The van der Waals surface area contributed by atoms with E-state index in [0.717, 1.165) is 38.5 Å². The molecule has 0 radical (unpaired) electrons. The van der Waals surface area contributed by atoms with Gasteiger partial charge in [0.25, 0.3) is 0 Å². The SMILES string of the molecule is CCC1(CO)CCN(C(=O)C2(C#N)CCC2)CC1. The lowest BCUT2D eigenvalue weighted by Crippen LogP contribution is -2.51. The van der Waals surface area contributed by atoms with Gasteiger partial charge in [0, 0.05) is 19.7 Å². The highest BCUT2D eigenvalue weighted by Crippen LogP contribution is 2.43. The van der Waals surface area contributed by atoms with E-state index in [1.807, 2.05) is 4.90 Å². The van der Waals surface area contributed by atoms with E-state index in [-0.39, 0.29) is 17.9 Å². The largest absolute Gasteiger partial charge is 0.396 e. The number of hydrogen-bond acceptors (Lipinski definition) is 3. The zero-order valence-electron chi connectivity index (χ0n) is 11.1. The third-order valence-electron chi connectivity index (χ3n) is 5.03. The fraction of sp³-hybridized carbons (Fsp3) is 0.857. The number of hydrogen-bond donors (Lipinski definition) is 1. The molecule has 1 aliphatic heterocycles. The Labute approximate surface area is 109 Å². The van der Waals surface area contributed by atoms with Crippen LogP contribution in [0, 0.1) is 22.2 Å². The van der Waals surface area contributed by atoms with Crippen LogP contribution in [0.4, 0.5) is 0 Å². The molecule has 0 atom stereocenters. The highest BCUT2D eigenvalue weighted by Gasteiger charge is 2.48. The summed E-state index contributed by atoms with van der Waals surface area (Å²) in [5, 5.41) is 18.7. The molecule has 1 saturated heterocycles. The third kappa shape index (κ3) is 2.01. The molecule has 0 aromatic rings. The number of carbonyl (C=O) groups is 1. The van der Waals surface area contributed by atoms with Gasteiger partial charge in [-0.3, -0.25) is 4.79 Å². The van der Waals surface area contributed by atoms with Crippen molar-refractivity contribution < 1.29 is 9.90 Å². The van der Waals surface area contributed by atoms with Crippen molar-refractivity contribution in [2.24, 2.45) is 10.8 Å². The molecule has 1 heterocycles. The first-order chi connectivity index (χ1) is 8.61. The third-order valence-corrected chi connectivity index (χ3v) is 5.03. The first-order valence-electron chi connectivity index (χ1n) is 6.93. The van der Waals surface area contributed by atoms with Crippen molar-refractivity contribution in [1.82, 2.24) is 4.90 Å². The average molecular weight is 250 g/mol. The van der Waals surface area contributed by atoms with Gasteiger partial charge in [0.05, 0.1) is 6.07 Å². The smallest absolute Gasteiger partial charge is 0.243 e. The molecule has 0 unspecified atom stereocenters. The Balaban J connectivity index is 1.98. The quantitative estimate of drug-likeness (QED) is 0.829. The van der Waals surface area contributed by atoms with Gasteiger partial charge in [-0.1, -0.05) is 6.92 Å². The van der Waals surface area contributed by atoms with Crippen molar-refractivity contribution in [3.8, 4) is 6.07 Å². The van der Waals surface area contributed by atoms with Crippen molar-refractivity contribution in [2.45, 2.75) is 45.4 Å². The number of aliphatic hydroxyl groups is 1. The van der Waals surface area contributed by atoms with Crippen molar-refractivity contribution in [2.75, 3.05) is 19.7 Å². The van der Waals surface area contributed by atoms with E-state index >= 15 is 0 Å². The van der Waals surface area contributed by atoms with Crippen LogP contribution in [-0.4, -0.2) is 35.6 Å². The van der Waals surface area contributed by atoms with Gasteiger partial charge in [0.15, 0.2) is 0 Å². The van der Waals surface area contributed by atoms with Gasteiger partial charge >= 0.3 is 0 Å². The molecule has 2 fully saturated rings. The van der Waals surface area contributed by atoms with E-state index in [4.69, 9.17) is 0 Å². The zero-order chi connectivity index (χ0) is 13.2. The molecule has 4 heteroatoms. The Kier molecular flexibility index (Phi) is 3.63. The Morgan fingerprint density at radius 2 is 1.94 bits per heavy atom. The van der Waals surface area contributed by atoms with Gasteiger partial charge in [-0.15, -0.1) is 0 Å².